The average molecular weight is 482 g/mol. The van der Waals surface area contributed by atoms with Crippen LogP contribution in [0.4, 0.5) is 5.69 Å². The highest BCUT2D eigenvalue weighted by molar-refractivity contribution is 7.99. The lowest BCUT2D eigenvalue weighted by atomic mass is 9.89. The molecule has 1 atom stereocenters. The van der Waals surface area contributed by atoms with Crippen LogP contribution in [0.1, 0.15) is 54.7 Å². The van der Waals surface area contributed by atoms with E-state index in [2.05, 4.69) is 38.7 Å². The zero-order valence-electron chi connectivity index (χ0n) is 19.7. The van der Waals surface area contributed by atoms with Crippen molar-refractivity contribution in [1.29, 1.82) is 0 Å². The van der Waals surface area contributed by atoms with Crippen LogP contribution >= 0.6 is 23.1 Å². The van der Waals surface area contributed by atoms with Crippen molar-refractivity contribution in [2.75, 3.05) is 11.1 Å². The number of rotatable bonds is 7. The number of amides is 1. The number of benzene rings is 1. The van der Waals surface area contributed by atoms with E-state index in [9.17, 15) is 9.59 Å². The molecule has 1 aromatic carbocycles. The number of aryl methyl sites for hydroxylation is 2. The number of carbonyl (C=O) groups excluding carboxylic acids is 1. The number of nitrogens with zero attached hydrogens (tertiary/aromatic N) is 2. The number of thioether (sulfide) groups is 1. The number of anilines is 1. The zero-order chi connectivity index (χ0) is 23.7. The Balaban J connectivity index is 1.61. The van der Waals surface area contributed by atoms with Crippen molar-refractivity contribution in [1.82, 2.24) is 9.55 Å². The quantitative estimate of drug-likeness (QED) is 0.258. The van der Waals surface area contributed by atoms with Gasteiger partial charge in [0.15, 0.2) is 5.16 Å². The molecule has 3 aromatic rings. The SMILES string of the molecule is C=CCn1c(SCC(=O)Nc2c(C)cccc2C(C)C)nc2sc3c(c2c1=O)CCC(C)C3. The van der Waals surface area contributed by atoms with Gasteiger partial charge in [0.2, 0.25) is 5.91 Å². The minimum atomic E-state index is -0.102. The summed E-state index contributed by atoms with van der Waals surface area (Å²) >= 11 is 2.95. The summed E-state index contributed by atoms with van der Waals surface area (Å²) in [6.07, 6.45) is 4.76. The zero-order valence-corrected chi connectivity index (χ0v) is 21.4. The van der Waals surface area contributed by atoms with E-state index in [4.69, 9.17) is 4.98 Å². The van der Waals surface area contributed by atoms with Crippen molar-refractivity contribution >= 4 is 44.9 Å². The van der Waals surface area contributed by atoms with E-state index in [1.54, 1.807) is 22.0 Å². The van der Waals surface area contributed by atoms with Crippen molar-refractivity contribution in [2.24, 2.45) is 5.92 Å². The van der Waals surface area contributed by atoms with Crippen molar-refractivity contribution in [3.05, 3.63) is 62.8 Å². The lowest BCUT2D eigenvalue weighted by Crippen LogP contribution is -2.24. The van der Waals surface area contributed by atoms with Gasteiger partial charge in [-0.2, -0.15) is 0 Å². The van der Waals surface area contributed by atoms with Gasteiger partial charge in [-0.15, -0.1) is 17.9 Å². The second-order valence-electron chi connectivity index (χ2n) is 9.16. The van der Waals surface area contributed by atoms with E-state index in [1.165, 1.54) is 22.2 Å². The molecule has 0 aliphatic heterocycles. The molecule has 1 unspecified atom stereocenters. The number of nitrogens with one attached hydrogen (secondary N) is 1. The van der Waals surface area contributed by atoms with Crippen LogP contribution in [0.15, 0.2) is 40.8 Å². The van der Waals surface area contributed by atoms with E-state index in [0.29, 0.717) is 23.5 Å². The van der Waals surface area contributed by atoms with Crippen molar-refractivity contribution in [3.63, 3.8) is 0 Å². The predicted molar refractivity (Wildman–Crippen MR) is 140 cm³/mol. The predicted octanol–water partition coefficient (Wildman–Crippen LogP) is 5.93. The number of allylic oxidation sites excluding steroid dienone is 1. The van der Waals surface area contributed by atoms with Gasteiger partial charge in [-0.1, -0.05) is 56.8 Å². The van der Waals surface area contributed by atoms with Crippen LogP contribution < -0.4 is 10.9 Å². The number of carbonyl (C=O) groups is 1. The van der Waals surface area contributed by atoms with Crippen LogP contribution in [0.3, 0.4) is 0 Å². The summed E-state index contributed by atoms with van der Waals surface area (Å²) < 4.78 is 1.66. The molecule has 1 aliphatic rings. The van der Waals surface area contributed by atoms with Gasteiger partial charge in [0, 0.05) is 17.1 Å². The summed E-state index contributed by atoms with van der Waals surface area (Å²) in [5.41, 5.74) is 4.20. The summed E-state index contributed by atoms with van der Waals surface area (Å²) in [7, 11) is 0. The minimum absolute atomic E-state index is 0.0177. The third-order valence-electron chi connectivity index (χ3n) is 6.22. The Bertz CT molecular complexity index is 1270. The van der Waals surface area contributed by atoms with E-state index in [-0.39, 0.29) is 17.2 Å². The standard InChI is InChI=1S/C26H31N3O2S2/c1-6-12-29-25(31)22-19-11-10-16(4)13-20(19)33-24(22)28-26(29)32-14-21(30)27-23-17(5)8-7-9-18(23)15(2)3/h6-9,15-16H,1,10-14H2,2-5H3,(H,27,30). The molecule has 0 bridgehead atoms. The van der Waals surface area contributed by atoms with Gasteiger partial charge in [0.25, 0.3) is 5.56 Å². The van der Waals surface area contributed by atoms with Crippen LogP contribution in [0, 0.1) is 12.8 Å². The first kappa shape index (κ1) is 23.8. The molecule has 2 aromatic heterocycles. The first-order chi connectivity index (χ1) is 15.8. The Morgan fingerprint density at radius 2 is 2.21 bits per heavy atom. The molecule has 1 N–H and O–H groups in total. The number of fused-ring (bicyclic) bond motifs is 3. The van der Waals surface area contributed by atoms with Crippen molar-refractivity contribution in [2.45, 2.75) is 64.6 Å². The van der Waals surface area contributed by atoms with Gasteiger partial charge in [0.05, 0.1) is 11.1 Å². The molecule has 1 aliphatic carbocycles. The molecule has 0 fully saturated rings. The molecular formula is C26H31N3O2S2. The maximum absolute atomic E-state index is 13.4. The third-order valence-corrected chi connectivity index (χ3v) is 8.34. The highest BCUT2D eigenvalue weighted by atomic mass is 32.2. The minimum Gasteiger partial charge on any atom is -0.325 e. The summed E-state index contributed by atoms with van der Waals surface area (Å²) in [5.74, 6) is 1.02. The second kappa shape index (κ2) is 9.85. The van der Waals surface area contributed by atoms with Crippen molar-refractivity contribution < 1.29 is 4.79 Å². The van der Waals surface area contributed by atoms with E-state index >= 15 is 0 Å². The van der Waals surface area contributed by atoms with E-state index < -0.39 is 0 Å². The molecule has 2 heterocycles. The fraction of sp³-hybridized carbons (Fsp3) is 0.423. The second-order valence-corrected chi connectivity index (χ2v) is 11.2. The molecule has 0 saturated heterocycles. The Hall–Kier alpha value is -2.38. The highest BCUT2D eigenvalue weighted by Crippen LogP contribution is 2.36. The average Bonchev–Trinajstić information content (AvgIpc) is 3.13. The maximum atomic E-state index is 13.4. The smallest absolute Gasteiger partial charge is 0.263 e. The highest BCUT2D eigenvalue weighted by Gasteiger charge is 2.25. The lowest BCUT2D eigenvalue weighted by Gasteiger charge is -2.18. The lowest BCUT2D eigenvalue weighted by molar-refractivity contribution is -0.113. The van der Waals surface area contributed by atoms with Crippen LogP contribution in [0.2, 0.25) is 0 Å². The van der Waals surface area contributed by atoms with Crippen LogP contribution in [0.25, 0.3) is 10.2 Å². The van der Waals surface area contributed by atoms with Gasteiger partial charge in [-0.25, -0.2) is 4.98 Å². The van der Waals surface area contributed by atoms with E-state index in [1.807, 2.05) is 19.1 Å². The van der Waals surface area contributed by atoms with Crippen LogP contribution in [-0.4, -0.2) is 21.2 Å². The van der Waals surface area contributed by atoms with Crippen LogP contribution in [0.5, 0.6) is 0 Å². The van der Waals surface area contributed by atoms with Gasteiger partial charge in [-0.05, 0) is 54.7 Å². The number of thiophene rings is 1. The normalized spacial score (nSPS) is 15.6. The molecular weight excluding hydrogens is 450 g/mol. The number of aromatic nitrogens is 2. The monoisotopic (exact) mass is 481 g/mol. The fourth-order valence-corrected chi connectivity index (χ4v) is 6.69. The first-order valence-electron chi connectivity index (χ1n) is 11.5. The molecule has 4 rings (SSSR count). The first-order valence-corrected chi connectivity index (χ1v) is 13.3. The molecule has 5 nitrogen and oxygen atoms in total. The largest absolute Gasteiger partial charge is 0.325 e. The summed E-state index contributed by atoms with van der Waals surface area (Å²) in [6.45, 7) is 12.7. The fourth-order valence-electron chi connectivity index (χ4n) is 4.45. The number of para-hydroxylation sites is 1. The molecule has 174 valence electrons. The van der Waals surface area contributed by atoms with Gasteiger partial charge in [0.1, 0.15) is 4.83 Å². The molecule has 0 spiro atoms. The number of hydrogen-bond acceptors (Lipinski definition) is 5. The Morgan fingerprint density at radius 3 is 2.94 bits per heavy atom. The molecule has 0 saturated carbocycles. The summed E-state index contributed by atoms with van der Waals surface area (Å²) in [4.78, 5) is 33.2. The van der Waals surface area contributed by atoms with Crippen LogP contribution in [-0.2, 0) is 24.2 Å². The maximum Gasteiger partial charge on any atom is 0.263 e. The van der Waals surface area contributed by atoms with Gasteiger partial charge in [-0.3, -0.25) is 14.2 Å². The summed E-state index contributed by atoms with van der Waals surface area (Å²) in [5, 5.41) is 4.42. The topological polar surface area (TPSA) is 64.0 Å². The van der Waals surface area contributed by atoms with Gasteiger partial charge < -0.3 is 5.32 Å². The van der Waals surface area contributed by atoms with Gasteiger partial charge >= 0.3 is 0 Å². The Morgan fingerprint density at radius 1 is 1.42 bits per heavy atom. The molecule has 7 heteroatoms. The van der Waals surface area contributed by atoms with E-state index in [0.717, 1.165) is 46.3 Å². The van der Waals surface area contributed by atoms with Crippen molar-refractivity contribution in [3.8, 4) is 0 Å². The Kier molecular flexibility index (Phi) is 7.10. The molecule has 1 amide bonds. The summed E-state index contributed by atoms with van der Waals surface area (Å²) in [6, 6.07) is 6.08. The third kappa shape index (κ3) is 4.80. The molecule has 0 radical (unpaired) electrons. The molecule has 33 heavy (non-hydrogen) atoms. The Labute approximate surface area is 203 Å². The number of hydrogen-bond donors (Lipinski definition) is 1.